The topological polar surface area (TPSA) is 50.7 Å². The zero-order valence-electron chi connectivity index (χ0n) is 15.6. The third-order valence-electron chi connectivity index (χ3n) is 4.20. The normalized spacial score (nSPS) is 16.1. The summed E-state index contributed by atoms with van der Waals surface area (Å²) in [7, 11) is 0. The fourth-order valence-electron chi connectivity index (χ4n) is 2.72. The molecule has 0 unspecified atom stereocenters. The Hall–Kier alpha value is -2.90. The summed E-state index contributed by atoms with van der Waals surface area (Å²) in [5, 5.41) is 3.34. The minimum atomic E-state index is -0.275. The van der Waals surface area contributed by atoms with Crippen molar-refractivity contribution in [2.75, 3.05) is 0 Å². The second kappa shape index (κ2) is 9.28. The van der Waals surface area contributed by atoms with Gasteiger partial charge in [-0.3, -0.25) is 4.79 Å². The van der Waals surface area contributed by atoms with Gasteiger partial charge in [0.05, 0.1) is 15.1 Å². The van der Waals surface area contributed by atoms with Crippen LogP contribution in [-0.4, -0.2) is 11.1 Å². The van der Waals surface area contributed by atoms with Crippen LogP contribution in [0.2, 0.25) is 0 Å². The van der Waals surface area contributed by atoms with Crippen molar-refractivity contribution in [3.63, 3.8) is 0 Å². The maximum Gasteiger partial charge on any atom is 0.264 e. The van der Waals surface area contributed by atoms with Gasteiger partial charge in [-0.05, 0) is 81.3 Å². The fourth-order valence-corrected chi connectivity index (χ4v) is 4.07. The molecule has 1 aliphatic rings. The summed E-state index contributed by atoms with van der Waals surface area (Å²) in [5.74, 6) is 0.210. The van der Waals surface area contributed by atoms with Crippen LogP contribution in [0.25, 0.3) is 6.08 Å². The molecule has 7 heteroatoms. The molecule has 1 amide bonds. The molecule has 0 atom stereocenters. The van der Waals surface area contributed by atoms with Gasteiger partial charge in [-0.2, -0.15) is 0 Å². The van der Waals surface area contributed by atoms with Crippen molar-refractivity contribution in [1.82, 2.24) is 5.32 Å². The van der Waals surface area contributed by atoms with Crippen LogP contribution in [-0.2, 0) is 11.4 Å². The summed E-state index contributed by atoms with van der Waals surface area (Å²) in [6.45, 7) is 0.330. The second-order valence-corrected chi connectivity index (χ2v) is 8.31. The van der Waals surface area contributed by atoms with E-state index in [0.717, 1.165) is 21.3 Å². The molecule has 4 nitrogen and oxygen atoms in total. The van der Waals surface area contributed by atoms with E-state index in [9.17, 15) is 9.18 Å². The van der Waals surface area contributed by atoms with Crippen molar-refractivity contribution >= 4 is 50.5 Å². The number of rotatable bonds is 5. The summed E-state index contributed by atoms with van der Waals surface area (Å²) < 4.78 is 19.6. The van der Waals surface area contributed by atoms with Gasteiger partial charge < -0.3 is 10.1 Å². The molecule has 0 radical (unpaired) electrons. The van der Waals surface area contributed by atoms with Gasteiger partial charge in [0.25, 0.3) is 5.91 Å². The van der Waals surface area contributed by atoms with Gasteiger partial charge in [-0.1, -0.05) is 36.4 Å². The molecule has 150 valence electrons. The Morgan fingerprint density at radius 2 is 1.83 bits per heavy atom. The van der Waals surface area contributed by atoms with Crippen molar-refractivity contribution in [1.29, 1.82) is 0 Å². The number of para-hydroxylation sites is 1. The summed E-state index contributed by atoms with van der Waals surface area (Å²) in [6.07, 6.45) is 1.81. The number of amidine groups is 1. The van der Waals surface area contributed by atoms with E-state index in [0.29, 0.717) is 22.4 Å². The predicted molar refractivity (Wildman–Crippen MR) is 122 cm³/mol. The van der Waals surface area contributed by atoms with Crippen LogP contribution in [0.15, 0.2) is 87.2 Å². The molecule has 1 saturated heterocycles. The molecule has 1 fully saturated rings. The van der Waals surface area contributed by atoms with Crippen molar-refractivity contribution < 1.29 is 13.9 Å². The van der Waals surface area contributed by atoms with Crippen LogP contribution >= 0.6 is 27.7 Å². The van der Waals surface area contributed by atoms with Gasteiger partial charge in [0.1, 0.15) is 18.2 Å². The predicted octanol–water partition coefficient (Wildman–Crippen LogP) is 6.06. The largest absolute Gasteiger partial charge is 0.488 e. The highest BCUT2D eigenvalue weighted by Gasteiger charge is 2.23. The van der Waals surface area contributed by atoms with E-state index in [1.807, 2.05) is 54.6 Å². The minimum Gasteiger partial charge on any atom is -0.488 e. The first-order valence-electron chi connectivity index (χ1n) is 9.08. The molecule has 30 heavy (non-hydrogen) atoms. The van der Waals surface area contributed by atoms with Crippen LogP contribution in [0, 0.1) is 5.82 Å². The van der Waals surface area contributed by atoms with Crippen molar-refractivity contribution in [3.8, 4) is 5.75 Å². The van der Waals surface area contributed by atoms with E-state index in [1.165, 1.54) is 23.9 Å². The first-order valence-corrected chi connectivity index (χ1v) is 10.7. The zero-order valence-corrected chi connectivity index (χ0v) is 18.0. The number of benzene rings is 3. The molecule has 1 N–H and O–H groups in total. The molecule has 4 rings (SSSR count). The van der Waals surface area contributed by atoms with Crippen LogP contribution in [0.1, 0.15) is 11.1 Å². The van der Waals surface area contributed by atoms with Gasteiger partial charge in [-0.15, -0.1) is 0 Å². The molecule has 0 aliphatic carbocycles. The number of carbonyl (C=O) groups excluding carboxylic acids is 1. The van der Waals surface area contributed by atoms with E-state index >= 15 is 0 Å². The SMILES string of the molecule is O=C1NC(=Nc2ccccc2)S/C1=C\c1ccc(OCc2ccc(F)cc2)c(Br)c1. The van der Waals surface area contributed by atoms with E-state index in [1.54, 1.807) is 12.1 Å². The molecule has 1 heterocycles. The molecular formula is C23H16BrFN2O2S. The lowest BCUT2D eigenvalue weighted by Gasteiger charge is -2.09. The average Bonchev–Trinajstić information content (AvgIpc) is 3.08. The summed E-state index contributed by atoms with van der Waals surface area (Å²) in [5.41, 5.74) is 2.51. The van der Waals surface area contributed by atoms with Crippen molar-refractivity contribution in [2.24, 2.45) is 4.99 Å². The van der Waals surface area contributed by atoms with Gasteiger partial charge in [0.15, 0.2) is 5.17 Å². The second-order valence-electron chi connectivity index (χ2n) is 6.42. The lowest BCUT2D eigenvalue weighted by Crippen LogP contribution is -2.19. The Bertz CT molecular complexity index is 1130. The standard InChI is InChI=1S/C23H16BrFN2O2S/c24-19-12-16(8-11-20(19)29-14-15-6-9-17(25)10-7-15)13-21-22(28)27-23(30-21)26-18-4-2-1-3-5-18/h1-13H,14H2,(H,26,27,28)/b21-13-. The minimum absolute atomic E-state index is 0.178. The summed E-state index contributed by atoms with van der Waals surface area (Å²) in [4.78, 5) is 17.3. The molecule has 0 saturated carbocycles. The molecule has 0 aromatic heterocycles. The Balaban J connectivity index is 1.45. The quantitative estimate of drug-likeness (QED) is 0.449. The molecule has 3 aromatic carbocycles. The number of carbonyl (C=O) groups is 1. The third-order valence-corrected chi connectivity index (χ3v) is 5.73. The number of hydrogen-bond acceptors (Lipinski definition) is 4. The number of aliphatic imine (C=N–C) groups is 1. The zero-order chi connectivity index (χ0) is 20.9. The molecule has 1 aliphatic heterocycles. The maximum absolute atomic E-state index is 13.0. The van der Waals surface area contributed by atoms with Crippen LogP contribution in [0.5, 0.6) is 5.75 Å². The van der Waals surface area contributed by atoms with Gasteiger partial charge in [0, 0.05) is 0 Å². The fraction of sp³-hybridized carbons (Fsp3) is 0.0435. The van der Waals surface area contributed by atoms with E-state index in [-0.39, 0.29) is 11.7 Å². The highest BCUT2D eigenvalue weighted by Crippen LogP contribution is 2.31. The Kier molecular flexibility index (Phi) is 6.30. The molecule has 0 spiro atoms. The Morgan fingerprint density at radius 3 is 2.57 bits per heavy atom. The number of amides is 1. The van der Waals surface area contributed by atoms with Crippen LogP contribution in [0.4, 0.5) is 10.1 Å². The number of halogens is 2. The Morgan fingerprint density at radius 1 is 1.07 bits per heavy atom. The van der Waals surface area contributed by atoms with E-state index in [4.69, 9.17) is 4.74 Å². The number of thioether (sulfide) groups is 1. The third kappa shape index (κ3) is 5.17. The molecular weight excluding hydrogens is 467 g/mol. The number of hydrogen-bond donors (Lipinski definition) is 1. The first kappa shape index (κ1) is 20.4. The average molecular weight is 483 g/mol. The number of ether oxygens (including phenoxy) is 1. The highest BCUT2D eigenvalue weighted by atomic mass is 79.9. The Labute approximate surface area is 186 Å². The number of nitrogens with one attached hydrogen (secondary N) is 1. The lowest BCUT2D eigenvalue weighted by molar-refractivity contribution is -0.115. The maximum atomic E-state index is 13.0. The highest BCUT2D eigenvalue weighted by molar-refractivity contribution is 9.10. The smallest absolute Gasteiger partial charge is 0.264 e. The summed E-state index contributed by atoms with van der Waals surface area (Å²) >= 11 is 4.81. The monoisotopic (exact) mass is 482 g/mol. The van der Waals surface area contributed by atoms with Crippen LogP contribution < -0.4 is 10.1 Å². The molecule has 0 bridgehead atoms. The molecule has 3 aromatic rings. The van der Waals surface area contributed by atoms with Gasteiger partial charge in [0.2, 0.25) is 0 Å². The number of nitrogens with zero attached hydrogens (tertiary/aromatic N) is 1. The van der Waals surface area contributed by atoms with Gasteiger partial charge in [-0.25, -0.2) is 9.38 Å². The summed E-state index contributed by atoms with van der Waals surface area (Å²) in [6, 6.07) is 21.2. The van der Waals surface area contributed by atoms with E-state index < -0.39 is 0 Å². The first-order chi connectivity index (χ1) is 14.6. The van der Waals surface area contributed by atoms with Crippen molar-refractivity contribution in [3.05, 3.63) is 99.1 Å². The van der Waals surface area contributed by atoms with Crippen LogP contribution in [0.3, 0.4) is 0 Å². The lowest BCUT2D eigenvalue weighted by atomic mass is 10.2. The van der Waals surface area contributed by atoms with Gasteiger partial charge >= 0.3 is 0 Å². The van der Waals surface area contributed by atoms with Crippen molar-refractivity contribution in [2.45, 2.75) is 6.61 Å². The van der Waals surface area contributed by atoms with E-state index in [2.05, 4.69) is 26.2 Å².